The number of hydrogen-bond acceptors (Lipinski definition) is 5. The Hall–Kier alpha value is -2.21. The van der Waals surface area contributed by atoms with E-state index in [1.807, 2.05) is 6.07 Å². The van der Waals surface area contributed by atoms with Crippen LogP contribution < -0.4 is 5.32 Å². The highest BCUT2D eigenvalue weighted by Gasteiger charge is 2.18. The lowest BCUT2D eigenvalue weighted by molar-refractivity contribution is 0.0533. The van der Waals surface area contributed by atoms with Gasteiger partial charge in [-0.1, -0.05) is 18.2 Å². The zero-order valence-corrected chi connectivity index (χ0v) is 11.1. The number of hydrogen-bond donors (Lipinski definition) is 1. The van der Waals surface area contributed by atoms with E-state index in [4.69, 9.17) is 4.74 Å². The van der Waals surface area contributed by atoms with Crippen LogP contribution in [0.1, 0.15) is 27.0 Å². The molecule has 5 nitrogen and oxygen atoms in total. The van der Waals surface area contributed by atoms with Gasteiger partial charge in [0.2, 0.25) is 0 Å². The van der Waals surface area contributed by atoms with Crippen LogP contribution in [0.25, 0.3) is 0 Å². The number of anilines is 1. The van der Waals surface area contributed by atoms with Crippen molar-refractivity contribution in [3.63, 3.8) is 0 Å². The van der Waals surface area contributed by atoms with Crippen molar-refractivity contribution < 1.29 is 14.3 Å². The number of esters is 1. The third-order valence-corrected chi connectivity index (χ3v) is 3.10. The van der Waals surface area contributed by atoms with Crippen LogP contribution in [0.4, 0.5) is 5.82 Å². The fraction of sp³-hybridized carbons (Fsp3) is 0.154. The number of rotatable bonds is 4. The van der Waals surface area contributed by atoms with Crippen LogP contribution in [0.3, 0.4) is 0 Å². The number of ether oxygens (including phenoxy) is 1. The normalized spacial score (nSPS) is 9.95. The van der Waals surface area contributed by atoms with Gasteiger partial charge >= 0.3 is 5.97 Å². The Labute approximate surface area is 114 Å². The largest absolute Gasteiger partial charge is 0.462 e. The van der Waals surface area contributed by atoms with Crippen molar-refractivity contribution >= 4 is 29.0 Å². The topological polar surface area (TPSA) is 68.3 Å². The van der Waals surface area contributed by atoms with Gasteiger partial charge in [0, 0.05) is 5.56 Å². The molecule has 0 aliphatic rings. The van der Waals surface area contributed by atoms with Crippen LogP contribution in [0.2, 0.25) is 0 Å². The number of thiazole rings is 1. The van der Waals surface area contributed by atoms with E-state index in [2.05, 4.69) is 10.3 Å². The summed E-state index contributed by atoms with van der Waals surface area (Å²) in [5.74, 6) is -0.553. The Kier molecular flexibility index (Phi) is 4.25. The van der Waals surface area contributed by atoms with Crippen LogP contribution >= 0.6 is 11.3 Å². The van der Waals surface area contributed by atoms with Gasteiger partial charge in [-0.25, -0.2) is 9.78 Å². The first-order chi connectivity index (χ1) is 9.22. The second-order valence-corrected chi connectivity index (χ2v) is 4.43. The van der Waals surface area contributed by atoms with E-state index in [9.17, 15) is 9.59 Å². The highest BCUT2D eigenvalue weighted by atomic mass is 32.1. The van der Waals surface area contributed by atoms with Gasteiger partial charge < -0.3 is 10.1 Å². The number of amides is 1. The van der Waals surface area contributed by atoms with Gasteiger partial charge in [0.25, 0.3) is 5.91 Å². The van der Waals surface area contributed by atoms with Gasteiger partial charge in [-0.05, 0) is 19.1 Å². The van der Waals surface area contributed by atoms with Crippen molar-refractivity contribution in [2.24, 2.45) is 0 Å². The average Bonchev–Trinajstić information content (AvgIpc) is 2.88. The summed E-state index contributed by atoms with van der Waals surface area (Å²) in [5.41, 5.74) is 2.00. The molecule has 0 aliphatic heterocycles. The maximum absolute atomic E-state index is 11.9. The van der Waals surface area contributed by atoms with E-state index < -0.39 is 5.97 Å². The van der Waals surface area contributed by atoms with E-state index in [-0.39, 0.29) is 18.3 Å². The summed E-state index contributed by atoms with van der Waals surface area (Å²) >= 11 is 1.13. The lowest BCUT2D eigenvalue weighted by Crippen LogP contribution is -2.15. The predicted octanol–water partition coefficient (Wildman–Crippen LogP) is 2.57. The molecule has 0 atom stereocenters. The van der Waals surface area contributed by atoms with Crippen molar-refractivity contribution in [2.45, 2.75) is 6.92 Å². The molecule has 0 unspecified atom stereocenters. The minimum Gasteiger partial charge on any atom is -0.462 e. The standard InChI is InChI=1S/C13H12N2O3S/c1-2-18-13(17)10-11(14-8-19-10)15-12(16)9-6-4-3-5-7-9/h3-8H,2H2,1H3,(H,15,16). The second-order valence-electron chi connectivity index (χ2n) is 3.57. The number of nitrogens with zero attached hydrogens (tertiary/aromatic N) is 1. The minimum atomic E-state index is -0.478. The molecule has 0 radical (unpaired) electrons. The molecule has 19 heavy (non-hydrogen) atoms. The van der Waals surface area contributed by atoms with Gasteiger partial charge in [0.1, 0.15) is 0 Å². The molecule has 1 heterocycles. The summed E-state index contributed by atoms with van der Waals surface area (Å²) in [7, 11) is 0. The van der Waals surface area contributed by atoms with Gasteiger partial charge in [0.15, 0.2) is 10.7 Å². The molecule has 0 bridgehead atoms. The van der Waals surface area contributed by atoms with E-state index in [0.717, 1.165) is 11.3 Å². The third kappa shape index (κ3) is 3.17. The van der Waals surface area contributed by atoms with Crippen molar-refractivity contribution in [2.75, 3.05) is 11.9 Å². The first kappa shape index (κ1) is 13.2. The Morgan fingerprint density at radius 3 is 2.74 bits per heavy atom. The van der Waals surface area contributed by atoms with Gasteiger partial charge in [-0.2, -0.15) is 0 Å². The Bertz CT molecular complexity index is 581. The lowest BCUT2D eigenvalue weighted by Gasteiger charge is -2.04. The molecule has 0 fully saturated rings. The van der Waals surface area contributed by atoms with Crippen LogP contribution in [-0.4, -0.2) is 23.5 Å². The zero-order chi connectivity index (χ0) is 13.7. The fourth-order valence-corrected chi connectivity index (χ4v) is 2.08. The summed E-state index contributed by atoms with van der Waals surface area (Å²) in [6, 6.07) is 8.73. The molecule has 0 saturated heterocycles. The quantitative estimate of drug-likeness (QED) is 0.871. The molecule has 2 rings (SSSR count). The molecule has 98 valence electrons. The van der Waals surface area contributed by atoms with Gasteiger partial charge in [-0.15, -0.1) is 11.3 Å². The number of carbonyl (C=O) groups is 2. The first-order valence-corrected chi connectivity index (χ1v) is 6.57. The molecule has 2 aromatic rings. The summed E-state index contributed by atoms with van der Waals surface area (Å²) in [4.78, 5) is 27.9. The molecule has 1 N–H and O–H groups in total. The highest BCUT2D eigenvalue weighted by Crippen LogP contribution is 2.20. The Morgan fingerprint density at radius 1 is 1.32 bits per heavy atom. The van der Waals surface area contributed by atoms with Gasteiger partial charge in [0.05, 0.1) is 12.1 Å². The zero-order valence-electron chi connectivity index (χ0n) is 10.3. The van der Waals surface area contributed by atoms with Crippen LogP contribution in [0, 0.1) is 0 Å². The van der Waals surface area contributed by atoms with Gasteiger partial charge in [-0.3, -0.25) is 4.79 Å². The van der Waals surface area contributed by atoms with Crippen LogP contribution in [0.5, 0.6) is 0 Å². The Morgan fingerprint density at radius 2 is 2.05 bits per heavy atom. The number of aromatic nitrogens is 1. The third-order valence-electron chi connectivity index (χ3n) is 2.30. The molecule has 6 heteroatoms. The maximum atomic E-state index is 11.9. The molecular formula is C13H12N2O3S. The smallest absolute Gasteiger partial charge is 0.352 e. The van der Waals surface area contributed by atoms with E-state index in [0.29, 0.717) is 10.4 Å². The molecular weight excluding hydrogens is 264 g/mol. The maximum Gasteiger partial charge on any atom is 0.352 e. The van der Waals surface area contributed by atoms with E-state index >= 15 is 0 Å². The van der Waals surface area contributed by atoms with E-state index in [1.54, 1.807) is 31.2 Å². The lowest BCUT2D eigenvalue weighted by atomic mass is 10.2. The average molecular weight is 276 g/mol. The SMILES string of the molecule is CCOC(=O)c1scnc1NC(=O)c1ccccc1. The summed E-state index contributed by atoms with van der Waals surface area (Å²) in [6.45, 7) is 2.00. The molecule has 0 spiro atoms. The Balaban J connectivity index is 2.14. The molecule has 1 aromatic heterocycles. The van der Waals surface area contributed by atoms with Crippen molar-refractivity contribution in [1.29, 1.82) is 0 Å². The first-order valence-electron chi connectivity index (χ1n) is 5.69. The van der Waals surface area contributed by atoms with Crippen LogP contribution in [0.15, 0.2) is 35.8 Å². The predicted molar refractivity (Wildman–Crippen MR) is 72.5 cm³/mol. The number of nitrogens with one attached hydrogen (secondary N) is 1. The molecule has 1 amide bonds. The monoisotopic (exact) mass is 276 g/mol. The van der Waals surface area contributed by atoms with Crippen molar-refractivity contribution in [3.8, 4) is 0 Å². The minimum absolute atomic E-state index is 0.234. The molecule has 0 aliphatic carbocycles. The summed E-state index contributed by atoms with van der Waals surface area (Å²) < 4.78 is 4.89. The number of benzene rings is 1. The van der Waals surface area contributed by atoms with Crippen LogP contribution in [-0.2, 0) is 4.74 Å². The summed E-state index contributed by atoms with van der Waals surface area (Å²) in [5, 5.41) is 2.61. The van der Waals surface area contributed by atoms with Crippen molar-refractivity contribution in [1.82, 2.24) is 4.98 Å². The van der Waals surface area contributed by atoms with E-state index in [1.165, 1.54) is 5.51 Å². The fourth-order valence-electron chi connectivity index (χ4n) is 1.45. The highest BCUT2D eigenvalue weighted by molar-refractivity contribution is 7.12. The molecule has 1 aromatic carbocycles. The van der Waals surface area contributed by atoms with Crippen molar-refractivity contribution in [3.05, 3.63) is 46.3 Å². The second kappa shape index (κ2) is 6.10. The molecule has 0 saturated carbocycles. The number of carbonyl (C=O) groups excluding carboxylic acids is 2. The summed E-state index contributed by atoms with van der Waals surface area (Å²) in [6.07, 6.45) is 0.